The van der Waals surface area contributed by atoms with Crippen LogP contribution in [0, 0.1) is 12.8 Å². The number of hydrogen-bond acceptors (Lipinski definition) is 4. The number of hydrogen-bond donors (Lipinski definition) is 2. The topological polar surface area (TPSA) is 91.4 Å². The van der Waals surface area contributed by atoms with Gasteiger partial charge >= 0.3 is 6.03 Å². The van der Waals surface area contributed by atoms with E-state index in [0.717, 1.165) is 24.2 Å². The first kappa shape index (κ1) is 18.9. The molecule has 0 radical (unpaired) electrons. The lowest BCUT2D eigenvalue weighted by molar-refractivity contribution is -0.136. The maximum absolute atomic E-state index is 12.9. The molecule has 140 valence electrons. The third-order valence-electron chi connectivity index (χ3n) is 5.26. The second kappa shape index (κ2) is 7.04. The minimum absolute atomic E-state index is 0.0378. The highest BCUT2D eigenvalue weighted by atomic mass is 35.5. The quantitative estimate of drug-likeness (QED) is 0.764. The lowest BCUT2D eigenvalue weighted by Crippen LogP contribution is -2.54. The van der Waals surface area contributed by atoms with E-state index in [0.29, 0.717) is 17.0 Å². The van der Waals surface area contributed by atoms with Crippen LogP contribution in [0.15, 0.2) is 6.20 Å². The molecule has 1 aliphatic heterocycles. The molecule has 4 amide bonds. The van der Waals surface area contributed by atoms with Crippen molar-refractivity contribution in [2.24, 2.45) is 5.92 Å². The molecule has 2 N–H and O–H groups in total. The van der Waals surface area contributed by atoms with Crippen LogP contribution in [-0.2, 0) is 9.59 Å². The largest absolute Gasteiger partial charge is 0.325 e. The number of nitrogens with one attached hydrogen (secondary N) is 2. The average Bonchev–Trinajstić information content (AvgIpc) is 2.83. The van der Waals surface area contributed by atoms with E-state index < -0.39 is 24.0 Å². The summed E-state index contributed by atoms with van der Waals surface area (Å²) < 4.78 is 0. The fourth-order valence-electron chi connectivity index (χ4n) is 3.60. The molecule has 1 saturated carbocycles. The summed E-state index contributed by atoms with van der Waals surface area (Å²) in [6.07, 6.45) is 4.76. The van der Waals surface area contributed by atoms with Crippen molar-refractivity contribution in [3.8, 4) is 0 Å². The summed E-state index contributed by atoms with van der Waals surface area (Å²) in [4.78, 5) is 42.5. The minimum atomic E-state index is -0.887. The molecule has 26 heavy (non-hydrogen) atoms. The summed E-state index contributed by atoms with van der Waals surface area (Å²) >= 11 is 12.1. The van der Waals surface area contributed by atoms with Crippen molar-refractivity contribution >= 4 is 46.9 Å². The molecule has 9 heteroatoms. The van der Waals surface area contributed by atoms with Gasteiger partial charge in [0.25, 0.3) is 5.91 Å². The number of imide groups is 1. The van der Waals surface area contributed by atoms with E-state index in [4.69, 9.17) is 23.2 Å². The first-order chi connectivity index (χ1) is 12.3. The van der Waals surface area contributed by atoms with Crippen LogP contribution < -0.4 is 10.6 Å². The molecule has 1 spiro atoms. The summed E-state index contributed by atoms with van der Waals surface area (Å²) in [6.45, 7) is 3.27. The minimum Gasteiger partial charge on any atom is -0.323 e. The van der Waals surface area contributed by atoms with Crippen molar-refractivity contribution in [1.82, 2.24) is 15.2 Å². The van der Waals surface area contributed by atoms with Crippen molar-refractivity contribution in [2.75, 3.05) is 11.9 Å². The van der Waals surface area contributed by atoms with Crippen molar-refractivity contribution in [2.45, 2.75) is 45.1 Å². The zero-order chi connectivity index (χ0) is 19.1. The summed E-state index contributed by atoms with van der Waals surface area (Å²) in [5.41, 5.74) is -0.300. The number of halogens is 2. The number of carbonyl (C=O) groups is 3. The molecule has 1 saturated heterocycles. The molecule has 3 rings (SSSR count). The fourth-order valence-corrected chi connectivity index (χ4v) is 3.99. The Kier molecular flexibility index (Phi) is 5.12. The average molecular weight is 399 g/mol. The molecule has 1 aromatic rings. The van der Waals surface area contributed by atoms with Crippen molar-refractivity contribution in [3.63, 3.8) is 0 Å². The third kappa shape index (κ3) is 3.14. The monoisotopic (exact) mass is 398 g/mol. The Morgan fingerprint density at radius 3 is 2.85 bits per heavy atom. The Morgan fingerprint density at radius 1 is 1.42 bits per heavy atom. The van der Waals surface area contributed by atoms with Crippen LogP contribution >= 0.6 is 23.2 Å². The predicted molar refractivity (Wildman–Crippen MR) is 98.2 cm³/mol. The maximum Gasteiger partial charge on any atom is 0.325 e. The van der Waals surface area contributed by atoms with Gasteiger partial charge in [-0.1, -0.05) is 43.0 Å². The zero-order valence-corrected chi connectivity index (χ0v) is 16.1. The van der Waals surface area contributed by atoms with Crippen LogP contribution in [0.2, 0.25) is 10.0 Å². The molecule has 1 aliphatic carbocycles. The van der Waals surface area contributed by atoms with Crippen LogP contribution in [0.1, 0.15) is 38.2 Å². The van der Waals surface area contributed by atoms with E-state index >= 15 is 0 Å². The van der Waals surface area contributed by atoms with Crippen molar-refractivity contribution in [3.05, 3.63) is 21.8 Å². The second-order valence-electron chi connectivity index (χ2n) is 6.88. The highest BCUT2D eigenvalue weighted by Crippen LogP contribution is 2.38. The molecule has 2 unspecified atom stereocenters. The highest BCUT2D eigenvalue weighted by molar-refractivity contribution is 6.37. The van der Waals surface area contributed by atoms with E-state index in [-0.39, 0.29) is 22.7 Å². The van der Waals surface area contributed by atoms with Gasteiger partial charge < -0.3 is 10.6 Å². The molecule has 7 nitrogen and oxygen atoms in total. The Labute approximate surface area is 161 Å². The lowest BCUT2D eigenvalue weighted by atomic mass is 9.73. The van der Waals surface area contributed by atoms with E-state index in [9.17, 15) is 14.4 Å². The van der Waals surface area contributed by atoms with Gasteiger partial charge in [0.1, 0.15) is 12.1 Å². The number of urea groups is 1. The summed E-state index contributed by atoms with van der Waals surface area (Å²) in [6, 6.07) is -0.537. The van der Waals surface area contributed by atoms with Crippen LogP contribution in [0.3, 0.4) is 0 Å². The summed E-state index contributed by atoms with van der Waals surface area (Å²) in [5.74, 6) is -0.705. The molecule has 2 fully saturated rings. The van der Waals surface area contributed by atoms with Gasteiger partial charge in [-0.2, -0.15) is 0 Å². The zero-order valence-electron chi connectivity index (χ0n) is 14.6. The molecule has 0 bridgehead atoms. The van der Waals surface area contributed by atoms with Gasteiger partial charge in [-0.05, 0) is 31.2 Å². The second-order valence-corrected chi connectivity index (χ2v) is 7.67. The number of pyridine rings is 1. The van der Waals surface area contributed by atoms with E-state index in [1.165, 1.54) is 6.20 Å². The first-order valence-corrected chi connectivity index (χ1v) is 9.26. The van der Waals surface area contributed by atoms with Crippen LogP contribution in [0.5, 0.6) is 0 Å². The molecule has 2 atom stereocenters. The number of carbonyl (C=O) groups excluding carboxylic acids is 3. The van der Waals surface area contributed by atoms with Gasteiger partial charge in [0.15, 0.2) is 5.82 Å². The molecule has 1 aromatic heterocycles. The summed E-state index contributed by atoms with van der Waals surface area (Å²) in [5, 5.41) is 5.96. The smallest absolute Gasteiger partial charge is 0.323 e. The molecular weight excluding hydrogens is 379 g/mol. The molecule has 2 aliphatic rings. The van der Waals surface area contributed by atoms with Gasteiger partial charge in [0, 0.05) is 6.20 Å². The third-order valence-corrected chi connectivity index (χ3v) is 6.11. The Hall–Kier alpha value is -1.86. The Bertz CT molecular complexity index is 786. The Morgan fingerprint density at radius 2 is 2.15 bits per heavy atom. The van der Waals surface area contributed by atoms with Gasteiger partial charge in [0.05, 0.1) is 10.0 Å². The summed E-state index contributed by atoms with van der Waals surface area (Å²) in [7, 11) is 0. The van der Waals surface area contributed by atoms with Crippen molar-refractivity contribution in [1.29, 1.82) is 0 Å². The number of amides is 4. The Balaban J connectivity index is 1.73. The number of rotatable bonds is 3. The molecule has 2 heterocycles. The maximum atomic E-state index is 12.9. The normalized spacial score (nSPS) is 25.5. The van der Waals surface area contributed by atoms with Crippen molar-refractivity contribution < 1.29 is 14.4 Å². The van der Waals surface area contributed by atoms with Gasteiger partial charge in [-0.25, -0.2) is 9.78 Å². The SMILES string of the molecule is Cc1c(Cl)cnc(NC(=O)CN2C(=O)NC3(CCCCC3C)C2=O)c1Cl. The fraction of sp³-hybridized carbons (Fsp3) is 0.529. The van der Waals surface area contributed by atoms with Gasteiger partial charge in [-0.15, -0.1) is 0 Å². The number of aromatic nitrogens is 1. The van der Waals surface area contributed by atoms with Gasteiger partial charge in [0.2, 0.25) is 5.91 Å². The van der Waals surface area contributed by atoms with Crippen LogP contribution in [0.25, 0.3) is 0 Å². The number of anilines is 1. The van der Waals surface area contributed by atoms with Crippen LogP contribution in [-0.4, -0.2) is 39.8 Å². The predicted octanol–water partition coefficient (Wildman–Crippen LogP) is 3.14. The number of nitrogens with zero attached hydrogens (tertiary/aromatic N) is 2. The van der Waals surface area contributed by atoms with Gasteiger partial charge in [-0.3, -0.25) is 14.5 Å². The van der Waals surface area contributed by atoms with Crippen LogP contribution in [0.4, 0.5) is 10.6 Å². The molecule has 0 aromatic carbocycles. The first-order valence-electron chi connectivity index (χ1n) is 8.51. The van der Waals surface area contributed by atoms with E-state index in [2.05, 4.69) is 15.6 Å². The van der Waals surface area contributed by atoms with E-state index in [1.54, 1.807) is 6.92 Å². The van der Waals surface area contributed by atoms with E-state index in [1.807, 2.05) is 6.92 Å². The standard InChI is InChI=1S/C17H20Cl2N4O3/c1-9-5-3-4-6-17(9)15(25)23(16(26)22-17)8-12(24)21-14-13(19)10(2)11(18)7-20-14/h7,9H,3-6,8H2,1-2H3,(H,22,26)(H,20,21,24). The highest BCUT2D eigenvalue weighted by Gasteiger charge is 2.55. The lowest BCUT2D eigenvalue weighted by Gasteiger charge is -2.36. The molecular formula is C17H20Cl2N4O3.